The van der Waals surface area contributed by atoms with Gasteiger partial charge in [-0.2, -0.15) is 0 Å². The van der Waals surface area contributed by atoms with Crippen molar-refractivity contribution >= 4 is 5.91 Å². The predicted molar refractivity (Wildman–Crippen MR) is 92.4 cm³/mol. The fraction of sp³-hybridized carbons (Fsp3) is 0.650. The van der Waals surface area contributed by atoms with Gasteiger partial charge in [0.15, 0.2) is 5.60 Å². The van der Waals surface area contributed by atoms with Crippen LogP contribution in [0, 0.1) is 11.8 Å². The van der Waals surface area contributed by atoms with Crippen molar-refractivity contribution in [3.63, 3.8) is 0 Å². The fourth-order valence-electron chi connectivity index (χ4n) is 4.08. The molecule has 1 aromatic carbocycles. The normalized spacial score (nSPS) is 21.6. The fourth-order valence-corrected chi connectivity index (χ4v) is 4.08. The van der Waals surface area contributed by atoms with Crippen molar-refractivity contribution in [1.82, 2.24) is 4.90 Å². The Morgan fingerprint density at radius 1 is 1.13 bits per heavy atom. The highest BCUT2D eigenvalue weighted by atomic mass is 16.5. The molecule has 1 saturated carbocycles. The third-order valence-electron chi connectivity index (χ3n) is 5.63. The van der Waals surface area contributed by atoms with Crippen LogP contribution in [0.3, 0.4) is 0 Å². The number of carbonyl (C=O) groups is 1. The van der Waals surface area contributed by atoms with Crippen LogP contribution in [0.25, 0.3) is 0 Å². The zero-order chi connectivity index (χ0) is 16.3. The maximum atomic E-state index is 13.2. The number of amides is 1. The number of likely N-dealkylation sites (tertiary alicyclic amines) is 1. The summed E-state index contributed by atoms with van der Waals surface area (Å²) in [5, 5.41) is 0. The maximum absolute atomic E-state index is 13.2. The lowest BCUT2D eigenvalue weighted by Gasteiger charge is -2.39. The molecule has 1 aliphatic heterocycles. The topological polar surface area (TPSA) is 29.5 Å². The van der Waals surface area contributed by atoms with Gasteiger partial charge in [0, 0.05) is 13.1 Å². The van der Waals surface area contributed by atoms with Crippen molar-refractivity contribution < 1.29 is 9.53 Å². The van der Waals surface area contributed by atoms with Gasteiger partial charge in [0.05, 0.1) is 0 Å². The van der Waals surface area contributed by atoms with E-state index in [0.717, 1.165) is 63.3 Å². The molecule has 2 fully saturated rings. The minimum Gasteiger partial charge on any atom is -0.477 e. The van der Waals surface area contributed by atoms with Crippen molar-refractivity contribution in [3.8, 4) is 5.75 Å². The highest BCUT2D eigenvalue weighted by Gasteiger charge is 2.46. The van der Waals surface area contributed by atoms with Crippen LogP contribution in [0.4, 0.5) is 0 Å². The van der Waals surface area contributed by atoms with E-state index in [1.165, 1.54) is 0 Å². The highest BCUT2D eigenvalue weighted by molar-refractivity contribution is 5.86. The molecule has 0 aromatic heterocycles. The monoisotopic (exact) mass is 315 g/mol. The second kappa shape index (κ2) is 6.94. The first-order valence-corrected chi connectivity index (χ1v) is 9.14. The zero-order valence-electron chi connectivity index (χ0n) is 14.5. The van der Waals surface area contributed by atoms with E-state index in [0.29, 0.717) is 5.92 Å². The number of piperidine rings is 1. The second-order valence-electron chi connectivity index (χ2n) is 7.49. The highest BCUT2D eigenvalue weighted by Crippen LogP contribution is 2.37. The van der Waals surface area contributed by atoms with Crippen LogP contribution in [0.5, 0.6) is 5.75 Å². The Kier molecular flexibility index (Phi) is 4.93. The molecule has 126 valence electrons. The second-order valence-corrected chi connectivity index (χ2v) is 7.49. The predicted octanol–water partition coefficient (Wildman–Crippen LogP) is 4.27. The summed E-state index contributed by atoms with van der Waals surface area (Å²) in [4.78, 5) is 15.3. The van der Waals surface area contributed by atoms with Gasteiger partial charge in [-0.3, -0.25) is 4.79 Å². The molecule has 1 aliphatic carbocycles. The number of nitrogens with zero attached hydrogens (tertiary/aromatic N) is 1. The average Bonchev–Trinajstić information content (AvgIpc) is 3.05. The van der Waals surface area contributed by atoms with Crippen LogP contribution >= 0.6 is 0 Å². The molecule has 3 rings (SSSR count). The summed E-state index contributed by atoms with van der Waals surface area (Å²) in [6, 6.07) is 9.83. The van der Waals surface area contributed by atoms with E-state index < -0.39 is 5.60 Å². The number of para-hydroxylation sites is 1. The van der Waals surface area contributed by atoms with Crippen molar-refractivity contribution in [3.05, 3.63) is 30.3 Å². The summed E-state index contributed by atoms with van der Waals surface area (Å²) < 4.78 is 6.26. The summed E-state index contributed by atoms with van der Waals surface area (Å²) in [6.45, 7) is 6.36. The van der Waals surface area contributed by atoms with Crippen LogP contribution in [0.1, 0.15) is 52.4 Å². The molecule has 3 nitrogen and oxygen atoms in total. The van der Waals surface area contributed by atoms with Gasteiger partial charge in [-0.1, -0.05) is 32.0 Å². The zero-order valence-corrected chi connectivity index (χ0v) is 14.5. The number of benzene rings is 1. The van der Waals surface area contributed by atoms with Crippen LogP contribution < -0.4 is 4.74 Å². The Bertz CT molecular complexity index is 512. The van der Waals surface area contributed by atoms with Gasteiger partial charge >= 0.3 is 0 Å². The van der Waals surface area contributed by atoms with Crippen molar-refractivity contribution in [2.45, 2.75) is 58.0 Å². The van der Waals surface area contributed by atoms with Gasteiger partial charge < -0.3 is 9.64 Å². The van der Waals surface area contributed by atoms with Crippen molar-refractivity contribution in [2.75, 3.05) is 13.1 Å². The largest absolute Gasteiger partial charge is 0.477 e. The van der Waals surface area contributed by atoms with Crippen LogP contribution in [-0.2, 0) is 4.79 Å². The van der Waals surface area contributed by atoms with E-state index in [1.54, 1.807) is 0 Å². The lowest BCUT2D eigenvalue weighted by atomic mass is 9.86. The lowest BCUT2D eigenvalue weighted by Crippen LogP contribution is -2.53. The molecule has 1 aromatic rings. The Labute approximate surface area is 140 Å². The summed E-state index contributed by atoms with van der Waals surface area (Å²) in [7, 11) is 0. The molecular formula is C20H29NO2. The van der Waals surface area contributed by atoms with Crippen LogP contribution in [0.2, 0.25) is 0 Å². The van der Waals surface area contributed by atoms with E-state index in [-0.39, 0.29) is 5.91 Å². The maximum Gasteiger partial charge on any atom is 0.266 e. The molecule has 2 aliphatic rings. The lowest BCUT2D eigenvalue weighted by molar-refractivity contribution is -0.149. The summed E-state index contributed by atoms with van der Waals surface area (Å²) in [5.74, 6) is 2.52. The molecule has 0 unspecified atom stereocenters. The smallest absolute Gasteiger partial charge is 0.266 e. The number of ether oxygens (including phenoxy) is 1. The Morgan fingerprint density at radius 2 is 1.74 bits per heavy atom. The van der Waals surface area contributed by atoms with Gasteiger partial charge in [0.2, 0.25) is 0 Å². The minimum atomic E-state index is -0.619. The first-order valence-electron chi connectivity index (χ1n) is 9.14. The summed E-state index contributed by atoms with van der Waals surface area (Å²) in [6.07, 6.45) is 6.13. The Balaban J connectivity index is 1.70. The Morgan fingerprint density at radius 3 is 2.30 bits per heavy atom. The van der Waals surface area contributed by atoms with E-state index in [2.05, 4.69) is 18.7 Å². The summed E-state index contributed by atoms with van der Waals surface area (Å²) in [5.41, 5.74) is -0.619. The van der Waals surface area contributed by atoms with Crippen LogP contribution in [0.15, 0.2) is 30.3 Å². The first-order chi connectivity index (χ1) is 11.1. The molecule has 1 saturated heterocycles. The average molecular weight is 315 g/mol. The van der Waals surface area contributed by atoms with E-state index in [4.69, 9.17) is 4.74 Å². The number of hydrogen-bond acceptors (Lipinski definition) is 2. The quantitative estimate of drug-likeness (QED) is 0.830. The molecule has 0 bridgehead atoms. The van der Waals surface area contributed by atoms with Gasteiger partial charge in [-0.15, -0.1) is 0 Å². The van der Waals surface area contributed by atoms with Gasteiger partial charge in [0.25, 0.3) is 5.91 Å². The molecule has 0 atom stereocenters. The standard InChI is InChI=1S/C20H29NO2/c1-16(2)17-10-14-21(15-11-17)19(22)20(12-6-7-13-20)23-18-8-4-3-5-9-18/h3-5,8-9,16-17H,6-7,10-15H2,1-2H3. The third-order valence-corrected chi connectivity index (χ3v) is 5.63. The Hall–Kier alpha value is -1.51. The molecule has 0 N–H and O–H groups in total. The molecule has 3 heteroatoms. The van der Waals surface area contributed by atoms with E-state index >= 15 is 0 Å². The SMILES string of the molecule is CC(C)C1CCN(C(=O)C2(Oc3ccccc3)CCCC2)CC1. The van der Waals surface area contributed by atoms with E-state index in [9.17, 15) is 4.79 Å². The van der Waals surface area contributed by atoms with Gasteiger partial charge in [0.1, 0.15) is 5.75 Å². The van der Waals surface area contributed by atoms with Gasteiger partial charge in [-0.25, -0.2) is 0 Å². The number of carbonyl (C=O) groups excluding carboxylic acids is 1. The molecule has 0 spiro atoms. The number of rotatable bonds is 4. The molecule has 1 heterocycles. The van der Waals surface area contributed by atoms with Crippen LogP contribution in [-0.4, -0.2) is 29.5 Å². The molecule has 23 heavy (non-hydrogen) atoms. The van der Waals surface area contributed by atoms with Crippen molar-refractivity contribution in [1.29, 1.82) is 0 Å². The number of hydrogen-bond donors (Lipinski definition) is 0. The third kappa shape index (κ3) is 3.54. The minimum absolute atomic E-state index is 0.223. The van der Waals surface area contributed by atoms with E-state index in [1.807, 2.05) is 30.3 Å². The molecule has 0 radical (unpaired) electrons. The van der Waals surface area contributed by atoms with Crippen molar-refractivity contribution in [2.24, 2.45) is 11.8 Å². The summed E-state index contributed by atoms with van der Waals surface area (Å²) >= 11 is 0. The molecule has 1 amide bonds. The first kappa shape index (κ1) is 16.4. The molecular weight excluding hydrogens is 286 g/mol. The van der Waals surface area contributed by atoms with Gasteiger partial charge in [-0.05, 0) is 62.5 Å².